The van der Waals surface area contributed by atoms with Crippen molar-refractivity contribution in [3.63, 3.8) is 0 Å². The molecule has 1 amide bonds. The molecule has 1 aromatic carbocycles. The molecule has 0 radical (unpaired) electrons. The van der Waals surface area contributed by atoms with E-state index in [1.807, 2.05) is 0 Å². The second-order valence-corrected chi connectivity index (χ2v) is 6.65. The lowest BCUT2D eigenvalue weighted by Crippen LogP contribution is -2.32. The number of rotatable bonds is 5. The monoisotopic (exact) mass is 332 g/mol. The van der Waals surface area contributed by atoms with Crippen molar-refractivity contribution in [3.8, 4) is 5.75 Å². The molecular formula is C18H24N2O4. The van der Waals surface area contributed by atoms with Crippen LogP contribution in [0, 0.1) is 5.92 Å². The highest BCUT2D eigenvalue weighted by Crippen LogP contribution is 2.28. The Bertz CT molecular complexity index is 627. The van der Waals surface area contributed by atoms with Crippen molar-refractivity contribution in [2.45, 2.75) is 31.7 Å². The van der Waals surface area contributed by atoms with E-state index in [-0.39, 0.29) is 11.9 Å². The number of ether oxygens (including phenoxy) is 2. The first-order valence-corrected chi connectivity index (χ1v) is 8.48. The second kappa shape index (κ2) is 7.21. The zero-order valence-corrected chi connectivity index (χ0v) is 14.0. The SMILES string of the molecule is COC(=O)c1cc(OCC2CCC2)cc(C(=O)N2CCC(N)C2)c1. The summed E-state index contributed by atoms with van der Waals surface area (Å²) in [5, 5.41) is 0. The van der Waals surface area contributed by atoms with Crippen LogP contribution in [0.3, 0.4) is 0 Å². The van der Waals surface area contributed by atoms with Crippen LogP contribution >= 0.6 is 0 Å². The summed E-state index contributed by atoms with van der Waals surface area (Å²) in [4.78, 5) is 26.3. The molecule has 2 fully saturated rings. The van der Waals surface area contributed by atoms with Gasteiger partial charge in [0.2, 0.25) is 0 Å². The molecular weight excluding hydrogens is 308 g/mol. The zero-order chi connectivity index (χ0) is 17.1. The standard InChI is InChI=1S/C18H24N2O4/c1-23-18(22)14-7-13(17(21)20-6-5-15(19)10-20)8-16(9-14)24-11-12-3-2-4-12/h7-9,12,15H,2-6,10-11,19H2,1H3. The van der Waals surface area contributed by atoms with Crippen molar-refractivity contribution in [3.05, 3.63) is 29.3 Å². The Morgan fingerprint density at radius 1 is 1.21 bits per heavy atom. The van der Waals surface area contributed by atoms with E-state index >= 15 is 0 Å². The van der Waals surface area contributed by atoms with Gasteiger partial charge in [0.25, 0.3) is 5.91 Å². The molecule has 1 aromatic rings. The summed E-state index contributed by atoms with van der Waals surface area (Å²) in [5.74, 6) is 0.512. The molecule has 1 aliphatic carbocycles. The van der Waals surface area contributed by atoms with Crippen LogP contribution in [0.5, 0.6) is 5.75 Å². The third-order valence-corrected chi connectivity index (χ3v) is 4.80. The lowest BCUT2D eigenvalue weighted by Gasteiger charge is -2.25. The van der Waals surface area contributed by atoms with Gasteiger partial charge in [0.1, 0.15) is 5.75 Å². The maximum atomic E-state index is 12.7. The zero-order valence-electron chi connectivity index (χ0n) is 14.0. The Hall–Kier alpha value is -2.08. The number of carbonyl (C=O) groups excluding carboxylic acids is 2. The smallest absolute Gasteiger partial charge is 0.338 e. The summed E-state index contributed by atoms with van der Waals surface area (Å²) in [6.45, 7) is 1.80. The first kappa shape index (κ1) is 16.8. The van der Waals surface area contributed by atoms with Gasteiger partial charge in [-0.2, -0.15) is 0 Å². The number of hydrogen-bond donors (Lipinski definition) is 1. The van der Waals surface area contributed by atoms with E-state index in [4.69, 9.17) is 15.2 Å². The van der Waals surface area contributed by atoms with Gasteiger partial charge in [0.05, 0.1) is 19.3 Å². The maximum Gasteiger partial charge on any atom is 0.338 e. The van der Waals surface area contributed by atoms with Crippen LogP contribution in [0.15, 0.2) is 18.2 Å². The number of hydrogen-bond acceptors (Lipinski definition) is 5. The quantitative estimate of drug-likeness (QED) is 0.832. The minimum Gasteiger partial charge on any atom is -0.493 e. The van der Waals surface area contributed by atoms with E-state index in [9.17, 15) is 9.59 Å². The normalized spacial score (nSPS) is 20.6. The molecule has 0 aromatic heterocycles. The summed E-state index contributed by atoms with van der Waals surface area (Å²) < 4.78 is 10.6. The van der Waals surface area contributed by atoms with Gasteiger partial charge in [-0.15, -0.1) is 0 Å². The third kappa shape index (κ3) is 3.70. The number of likely N-dealkylation sites (tertiary alicyclic amines) is 1. The predicted molar refractivity (Wildman–Crippen MR) is 89.1 cm³/mol. The average molecular weight is 332 g/mol. The van der Waals surface area contributed by atoms with E-state index in [1.54, 1.807) is 23.1 Å². The van der Waals surface area contributed by atoms with Gasteiger partial charge in [-0.25, -0.2) is 4.79 Å². The first-order valence-electron chi connectivity index (χ1n) is 8.48. The highest BCUT2D eigenvalue weighted by Gasteiger charge is 2.26. The van der Waals surface area contributed by atoms with Crippen LogP contribution in [0.4, 0.5) is 0 Å². The van der Waals surface area contributed by atoms with Crippen LogP contribution in [-0.2, 0) is 4.74 Å². The minimum absolute atomic E-state index is 0.0204. The summed E-state index contributed by atoms with van der Waals surface area (Å²) in [5.41, 5.74) is 6.65. The van der Waals surface area contributed by atoms with Gasteiger partial charge in [0.15, 0.2) is 0 Å². The Morgan fingerprint density at radius 2 is 1.96 bits per heavy atom. The Balaban J connectivity index is 1.80. The fourth-order valence-corrected chi connectivity index (χ4v) is 3.07. The van der Waals surface area contributed by atoms with E-state index < -0.39 is 5.97 Å². The van der Waals surface area contributed by atoms with Crippen molar-refractivity contribution in [1.82, 2.24) is 4.90 Å². The van der Waals surface area contributed by atoms with Gasteiger partial charge in [-0.3, -0.25) is 4.79 Å². The second-order valence-electron chi connectivity index (χ2n) is 6.65. The van der Waals surface area contributed by atoms with E-state index in [1.165, 1.54) is 26.4 Å². The Morgan fingerprint density at radius 3 is 2.54 bits per heavy atom. The van der Waals surface area contributed by atoms with Crippen molar-refractivity contribution < 1.29 is 19.1 Å². The third-order valence-electron chi connectivity index (χ3n) is 4.80. The van der Waals surface area contributed by atoms with Crippen molar-refractivity contribution in [2.75, 3.05) is 26.8 Å². The fraction of sp³-hybridized carbons (Fsp3) is 0.556. The number of amides is 1. The topological polar surface area (TPSA) is 81.9 Å². The van der Waals surface area contributed by atoms with Crippen molar-refractivity contribution in [1.29, 1.82) is 0 Å². The van der Waals surface area contributed by atoms with Crippen LogP contribution in [0.25, 0.3) is 0 Å². The Kier molecular flexibility index (Phi) is 5.04. The highest BCUT2D eigenvalue weighted by atomic mass is 16.5. The number of methoxy groups -OCH3 is 1. The largest absolute Gasteiger partial charge is 0.493 e. The molecule has 24 heavy (non-hydrogen) atoms. The van der Waals surface area contributed by atoms with Crippen molar-refractivity contribution >= 4 is 11.9 Å². The van der Waals surface area contributed by atoms with Crippen LogP contribution in [0.1, 0.15) is 46.4 Å². The molecule has 6 nitrogen and oxygen atoms in total. The molecule has 0 bridgehead atoms. The van der Waals surface area contributed by atoms with Crippen LogP contribution < -0.4 is 10.5 Å². The number of benzene rings is 1. The summed E-state index contributed by atoms with van der Waals surface area (Å²) in [6.07, 6.45) is 4.39. The van der Waals surface area contributed by atoms with Gasteiger partial charge in [0, 0.05) is 24.7 Å². The molecule has 1 atom stereocenters. The average Bonchev–Trinajstić information content (AvgIpc) is 2.98. The minimum atomic E-state index is -0.476. The molecule has 3 rings (SSSR count). The highest BCUT2D eigenvalue weighted by molar-refractivity contribution is 5.98. The van der Waals surface area contributed by atoms with Gasteiger partial charge >= 0.3 is 5.97 Å². The molecule has 1 unspecified atom stereocenters. The summed E-state index contributed by atoms with van der Waals surface area (Å²) >= 11 is 0. The molecule has 1 saturated heterocycles. The Labute approximate surface area is 141 Å². The van der Waals surface area contributed by atoms with E-state index in [0.29, 0.717) is 42.5 Å². The van der Waals surface area contributed by atoms with Crippen molar-refractivity contribution in [2.24, 2.45) is 11.7 Å². The molecule has 6 heteroatoms. The lowest BCUT2D eigenvalue weighted by atomic mass is 9.86. The number of nitrogens with two attached hydrogens (primary N) is 1. The van der Waals surface area contributed by atoms with Gasteiger partial charge in [-0.05, 0) is 43.4 Å². The summed E-state index contributed by atoms with van der Waals surface area (Å²) in [6, 6.07) is 4.93. The molecule has 1 saturated carbocycles. The molecule has 0 spiro atoms. The van der Waals surface area contributed by atoms with E-state index in [2.05, 4.69) is 0 Å². The fourth-order valence-electron chi connectivity index (χ4n) is 3.07. The van der Waals surface area contributed by atoms with Crippen LogP contribution in [0.2, 0.25) is 0 Å². The molecule has 130 valence electrons. The van der Waals surface area contributed by atoms with Gasteiger partial charge in [-0.1, -0.05) is 6.42 Å². The molecule has 2 aliphatic rings. The number of esters is 1. The molecule has 2 N–H and O–H groups in total. The van der Waals surface area contributed by atoms with Gasteiger partial charge < -0.3 is 20.1 Å². The number of nitrogens with zero attached hydrogens (tertiary/aromatic N) is 1. The van der Waals surface area contributed by atoms with Crippen LogP contribution in [-0.4, -0.2) is 49.6 Å². The maximum absolute atomic E-state index is 12.7. The molecule has 1 aliphatic heterocycles. The number of carbonyl (C=O) groups is 2. The van der Waals surface area contributed by atoms with E-state index in [0.717, 1.165) is 6.42 Å². The first-order chi connectivity index (χ1) is 11.6. The summed E-state index contributed by atoms with van der Waals surface area (Å²) in [7, 11) is 1.32. The lowest BCUT2D eigenvalue weighted by molar-refractivity contribution is 0.0600. The predicted octanol–water partition coefficient (Wildman–Crippen LogP) is 1.83. The molecule has 1 heterocycles.